The first-order valence-corrected chi connectivity index (χ1v) is 17.0. The van der Waals surface area contributed by atoms with Gasteiger partial charge in [0.05, 0.1) is 26.4 Å². The fourth-order valence-electron chi connectivity index (χ4n) is 4.68. The third kappa shape index (κ3) is 11.5. The van der Waals surface area contributed by atoms with Gasteiger partial charge in [-0.15, -0.1) is 0 Å². The van der Waals surface area contributed by atoms with Crippen molar-refractivity contribution in [1.82, 2.24) is 0 Å². The monoisotopic (exact) mass is 624 g/mol. The van der Waals surface area contributed by atoms with Crippen molar-refractivity contribution in [1.29, 1.82) is 0 Å². The molecule has 0 radical (unpaired) electrons. The first-order chi connectivity index (χ1) is 21.6. The minimum Gasteiger partial charge on any atom is -0.489 e. The molecule has 0 amide bonds. The molecule has 0 atom stereocenters. The van der Waals surface area contributed by atoms with Gasteiger partial charge in [0, 0.05) is 16.5 Å². The van der Waals surface area contributed by atoms with Crippen molar-refractivity contribution >= 4 is 0 Å². The van der Waals surface area contributed by atoms with Gasteiger partial charge in [-0.25, -0.2) is 0 Å². The first kappa shape index (κ1) is 37.9. The Labute approximate surface area is 274 Å². The third-order valence-corrected chi connectivity index (χ3v) is 7.42. The molecular formula is C39H60O6. The van der Waals surface area contributed by atoms with Gasteiger partial charge in [-0.2, -0.15) is 0 Å². The molecular weight excluding hydrogens is 564 g/mol. The number of unbranched alkanes of at least 4 members (excludes halogenated alkanes) is 4. The fraction of sp³-hybridized carbons (Fsp3) is 0.590. The molecule has 0 unspecified atom stereocenters. The average Bonchev–Trinajstić information content (AvgIpc) is 3.00. The summed E-state index contributed by atoms with van der Waals surface area (Å²) in [6, 6.07) is 8.18. The van der Waals surface area contributed by atoms with Crippen LogP contribution >= 0.6 is 0 Å². The number of rotatable bonds is 24. The van der Waals surface area contributed by atoms with Gasteiger partial charge in [0.25, 0.3) is 0 Å². The van der Waals surface area contributed by atoms with Crippen LogP contribution in [-0.4, -0.2) is 39.6 Å². The topological polar surface area (TPSA) is 55.4 Å². The summed E-state index contributed by atoms with van der Waals surface area (Å²) in [5.74, 6) is 4.01. The van der Waals surface area contributed by atoms with E-state index in [9.17, 15) is 0 Å². The first-order valence-electron chi connectivity index (χ1n) is 17.0. The third-order valence-electron chi connectivity index (χ3n) is 7.42. The van der Waals surface area contributed by atoms with E-state index in [2.05, 4.69) is 66.8 Å². The van der Waals surface area contributed by atoms with Gasteiger partial charge in [0.15, 0.2) is 23.0 Å². The second-order valence-electron chi connectivity index (χ2n) is 12.5. The summed E-state index contributed by atoms with van der Waals surface area (Å²) in [5.41, 5.74) is 3.29. The van der Waals surface area contributed by atoms with E-state index < -0.39 is 5.41 Å². The molecule has 0 saturated carbocycles. The second-order valence-corrected chi connectivity index (χ2v) is 12.5. The van der Waals surface area contributed by atoms with Crippen molar-refractivity contribution in [2.24, 2.45) is 0 Å². The summed E-state index contributed by atoms with van der Waals surface area (Å²) in [6.07, 6.45) is 7.83. The van der Waals surface area contributed by atoms with E-state index in [1.807, 2.05) is 26.0 Å². The van der Waals surface area contributed by atoms with Crippen LogP contribution in [0.2, 0.25) is 0 Å². The fourth-order valence-corrected chi connectivity index (χ4v) is 4.68. The number of benzene rings is 2. The summed E-state index contributed by atoms with van der Waals surface area (Å²) in [4.78, 5) is 0. The maximum absolute atomic E-state index is 6.60. The molecule has 252 valence electrons. The molecule has 0 saturated heterocycles. The molecule has 0 aliphatic rings. The molecule has 2 aromatic rings. The van der Waals surface area contributed by atoms with E-state index in [1.165, 1.54) is 0 Å². The quantitative estimate of drug-likeness (QED) is 0.0855. The van der Waals surface area contributed by atoms with E-state index in [4.69, 9.17) is 28.4 Å². The molecule has 45 heavy (non-hydrogen) atoms. The van der Waals surface area contributed by atoms with Gasteiger partial charge in [0.1, 0.15) is 13.2 Å². The molecule has 0 aliphatic heterocycles. The summed E-state index contributed by atoms with van der Waals surface area (Å²) in [6.45, 7) is 28.1. The van der Waals surface area contributed by atoms with E-state index >= 15 is 0 Å². The smallest absolute Gasteiger partial charge is 0.203 e. The molecule has 0 bridgehead atoms. The predicted molar refractivity (Wildman–Crippen MR) is 187 cm³/mol. The van der Waals surface area contributed by atoms with Crippen LogP contribution in [0.4, 0.5) is 0 Å². The number of hydrogen-bond donors (Lipinski definition) is 0. The molecule has 0 fully saturated rings. The van der Waals surface area contributed by atoms with Gasteiger partial charge >= 0.3 is 0 Å². The highest BCUT2D eigenvalue weighted by atomic mass is 16.5. The Morgan fingerprint density at radius 2 is 0.822 bits per heavy atom. The van der Waals surface area contributed by atoms with Crippen molar-refractivity contribution in [3.8, 4) is 34.5 Å². The summed E-state index contributed by atoms with van der Waals surface area (Å²) >= 11 is 0. The highest BCUT2D eigenvalue weighted by molar-refractivity contribution is 5.64. The summed E-state index contributed by atoms with van der Waals surface area (Å²) < 4.78 is 38.5. The standard InChI is InChI=1S/C39H60O6/c1-11-15-23-40-35-31(19-21-33(44-27-29(5)6)37(35)42-25-17-13-3)39(9,10)32-20-22-34(45-28-30(7)8)38(43-26-18-14-4)36(32)41-24-16-12-2/h19-22H,5,7,11-18,23-28H2,1-4,6,8-10H3. The van der Waals surface area contributed by atoms with E-state index in [0.717, 1.165) is 73.6 Å². The lowest BCUT2D eigenvalue weighted by Gasteiger charge is -2.32. The summed E-state index contributed by atoms with van der Waals surface area (Å²) in [7, 11) is 0. The Balaban J connectivity index is 2.82. The van der Waals surface area contributed by atoms with Crippen LogP contribution in [-0.2, 0) is 5.41 Å². The molecule has 6 heteroatoms. The van der Waals surface area contributed by atoms with Crippen LogP contribution in [0.25, 0.3) is 0 Å². The SMILES string of the molecule is C=C(C)COc1ccc(C(C)(C)c2ccc(OCC(=C)C)c(OCCCC)c2OCCCC)c(OCCCC)c1OCCCC. The number of hydrogen-bond acceptors (Lipinski definition) is 6. The van der Waals surface area contributed by atoms with Crippen molar-refractivity contribution in [2.45, 2.75) is 112 Å². The van der Waals surface area contributed by atoms with Crippen molar-refractivity contribution in [3.63, 3.8) is 0 Å². The Bertz CT molecular complexity index is 1110. The van der Waals surface area contributed by atoms with Gasteiger partial charge < -0.3 is 28.4 Å². The molecule has 0 aromatic heterocycles. The van der Waals surface area contributed by atoms with Gasteiger partial charge in [-0.3, -0.25) is 0 Å². The van der Waals surface area contributed by atoms with Crippen LogP contribution in [0.15, 0.2) is 48.6 Å². The largest absolute Gasteiger partial charge is 0.489 e. The second kappa shape index (κ2) is 20.0. The lowest BCUT2D eigenvalue weighted by atomic mass is 9.76. The maximum atomic E-state index is 6.60. The van der Waals surface area contributed by atoms with Crippen molar-refractivity contribution in [2.75, 3.05) is 39.6 Å². The predicted octanol–water partition coefficient (Wildman–Crippen LogP) is 10.6. The van der Waals surface area contributed by atoms with Gasteiger partial charge in [0.2, 0.25) is 11.5 Å². The van der Waals surface area contributed by atoms with Gasteiger partial charge in [-0.1, -0.05) is 92.5 Å². The highest BCUT2D eigenvalue weighted by Crippen LogP contribution is 2.52. The maximum Gasteiger partial charge on any atom is 0.203 e. The Morgan fingerprint density at radius 1 is 0.511 bits per heavy atom. The Kier molecular flexibility index (Phi) is 16.8. The van der Waals surface area contributed by atoms with Crippen molar-refractivity contribution in [3.05, 3.63) is 59.7 Å². The van der Waals surface area contributed by atoms with Crippen LogP contribution in [0.3, 0.4) is 0 Å². The Hall–Kier alpha value is -3.28. The highest BCUT2D eigenvalue weighted by Gasteiger charge is 2.35. The summed E-state index contributed by atoms with van der Waals surface area (Å²) in [5, 5.41) is 0. The molecule has 0 N–H and O–H groups in total. The Morgan fingerprint density at radius 3 is 1.11 bits per heavy atom. The minimum absolute atomic E-state index is 0.404. The molecule has 0 heterocycles. The van der Waals surface area contributed by atoms with Crippen LogP contribution in [0.1, 0.15) is 118 Å². The van der Waals surface area contributed by atoms with E-state index in [1.54, 1.807) is 0 Å². The molecule has 2 aromatic carbocycles. The van der Waals surface area contributed by atoms with Crippen LogP contribution in [0.5, 0.6) is 34.5 Å². The lowest BCUT2D eigenvalue weighted by Crippen LogP contribution is -2.23. The van der Waals surface area contributed by atoms with Crippen LogP contribution < -0.4 is 28.4 Å². The molecule has 0 spiro atoms. The molecule has 2 rings (SSSR count). The lowest BCUT2D eigenvalue weighted by molar-refractivity contribution is 0.236. The zero-order valence-corrected chi connectivity index (χ0v) is 29.6. The van der Waals surface area contributed by atoms with E-state index in [0.29, 0.717) is 74.1 Å². The zero-order chi connectivity index (χ0) is 33.2. The van der Waals surface area contributed by atoms with Gasteiger partial charge in [-0.05, 0) is 62.8 Å². The van der Waals surface area contributed by atoms with Crippen LogP contribution in [0, 0.1) is 0 Å². The molecule has 6 nitrogen and oxygen atoms in total. The molecule has 0 aliphatic carbocycles. The van der Waals surface area contributed by atoms with E-state index in [-0.39, 0.29) is 0 Å². The normalized spacial score (nSPS) is 11.2. The average molecular weight is 625 g/mol. The number of ether oxygens (including phenoxy) is 6. The minimum atomic E-state index is -0.561. The van der Waals surface area contributed by atoms with Crippen molar-refractivity contribution < 1.29 is 28.4 Å². The zero-order valence-electron chi connectivity index (χ0n) is 29.6.